The van der Waals surface area contributed by atoms with Gasteiger partial charge in [0, 0.05) is 12.6 Å². The van der Waals surface area contributed by atoms with Crippen LogP contribution < -0.4 is 16.0 Å². The number of ether oxygens (including phenoxy) is 3. The molecule has 2 heterocycles. The van der Waals surface area contributed by atoms with Gasteiger partial charge in [0.15, 0.2) is 6.79 Å². The predicted molar refractivity (Wildman–Crippen MR) is 102 cm³/mol. The van der Waals surface area contributed by atoms with Crippen LogP contribution in [0, 0.1) is 0 Å². The van der Waals surface area contributed by atoms with Gasteiger partial charge in [0.2, 0.25) is 0 Å². The van der Waals surface area contributed by atoms with Crippen molar-refractivity contribution in [1.29, 1.82) is 0 Å². The van der Waals surface area contributed by atoms with Crippen LogP contribution in [0.3, 0.4) is 0 Å². The normalized spacial score (nSPS) is 22.4. The molecule has 0 bridgehead atoms. The molecule has 1 aliphatic rings. The molecule has 1 unspecified atom stereocenters. The molecule has 1 fully saturated rings. The first-order chi connectivity index (χ1) is 13.1. The van der Waals surface area contributed by atoms with Crippen molar-refractivity contribution in [2.75, 3.05) is 13.4 Å². The van der Waals surface area contributed by atoms with E-state index in [0.29, 0.717) is 17.7 Å². The van der Waals surface area contributed by atoms with Gasteiger partial charge in [-0.25, -0.2) is 4.79 Å². The molecule has 1 aliphatic heterocycles. The van der Waals surface area contributed by atoms with E-state index < -0.39 is 29.7 Å². The summed E-state index contributed by atoms with van der Waals surface area (Å²) in [6, 6.07) is 9.19. The molecule has 0 radical (unpaired) electrons. The maximum Gasteiger partial charge on any atom is 0.330 e. The number of para-hydroxylation sites is 1. The number of hydrogen-bond acceptors (Lipinski definition) is 6. The summed E-state index contributed by atoms with van der Waals surface area (Å²) < 4.78 is 18.2. The number of aromatic amines is 1. The molecule has 9 heteroatoms. The minimum absolute atomic E-state index is 0.0145. The Morgan fingerprint density at radius 1 is 1.33 bits per heavy atom. The molecule has 1 aromatic heterocycles. The van der Waals surface area contributed by atoms with E-state index in [1.807, 2.05) is 18.2 Å². The monoisotopic (exact) mass is 438 g/mol. The van der Waals surface area contributed by atoms with E-state index >= 15 is 0 Å². The quantitative estimate of drug-likeness (QED) is 0.636. The zero-order valence-corrected chi connectivity index (χ0v) is 15.9. The minimum atomic E-state index is -0.671. The van der Waals surface area contributed by atoms with Crippen LogP contribution in [0.5, 0.6) is 5.75 Å². The van der Waals surface area contributed by atoms with Gasteiger partial charge in [0.25, 0.3) is 5.56 Å². The van der Waals surface area contributed by atoms with E-state index in [1.54, 1.807) is 12.1 Å². The van der Waals surface area contributed by atoms with Crippen molar-refractivity contribution >= 4 is 22.0 Å². The first-order valence-electron chi connectivity index (χ1n) is 8.30. The molecular formula is C18H19BrN2O6. The Morgan fingerprint density at radius 3 is 2.81 bits per heavy atom. The molecule has 0 spiro atoms. The topological polar surface area (TPSA) is 103 Å². The second kappa shape index (κ2) is 9.14. The first-order valence-corrected chi connectivity index (χ1v) is 9.22. The molecule has 8 nitrogen and oxygen atoms in total. The van der Waals surface area contributed by atoms with Crippen LogP contribution in [0.25, 0.3) is 6.08 Å². The van der Waals surface area contributed by atoms with Gasteiger partial charge in [-0.2, -0.15) is 0 Å². The molecule has 2 N–H and O–H groups in total. The summed E-state index contributed by atoms with van der Waals surface area (Å²) in [6.07, 6.45) is 1.53. The molecule has 144 valence electrons. The van der Waals surface area contributed by atoms with Crippen molar-refractivity contribution in [3.05, 3.63) is 67.9 Å². The average molecular weight is 439 g/mol. The van der Waals surface area contributed by atoms with Crippen LogP contribution in [-0.4, -0.2) is 40.3 Å². The lowest BCUT2D eigenvalue weighted by atomic mass is 10.2. The molecule has 0 saturated carbocycles. The number of H-pyrrole nitrogens is 1. The summed E-state index contributed by atoms with van der Waals surface area (Å²) in [6.45, 7) is -0.280. The SMILES string of the molecule is O=c1[nH]c(=O)n([C@@H]2CC(OCOc3ccccc3)[C@H](CO)O2)cc1C=CBr. The van der Waals surface area contributed by atoms with Crippen molar-refractivity contribution in [1.82, 2.24) is 9.55 Å². The van der Waals surface area contributed by atoms with E-state index in [9.17, 15) is 14.7 Å². The van der Waals surface area contributed by atoms with Gasteiger partial charge in [-0.1, -0.05) is 34.1 Å². The zero-order chi connectivity index (χ0) is 19.2. The van der Waals surface area contributed by atoms with E-state index in [1.165, 1.54) is 21.8 Å². The lowest BCUT2D eigenvalue weighted by Gasteiger charge is -2.16. The smallest absolute Gasteiger partial charge is 0.330 e. The molecule has 0 amide bonds. The van der Waals surface area contributed by atoms with Crippen molar-refractivity contribution in [2.24, 2.45) is 0 Å². The lowest BCUT2D eigenvalue weighted by Crippen LogP contribution is -2.33. The number of aliphatic hydroxyl groups is 1. The van der Waals surface area contributed by atoms with Crippen LogP contribution >= 0.6 is 15.9 Å². The second-order valence-corrected chi connectivity index (χ2v) is 6.40. The Morgan fingerprint density at radius 2 is 2.11 bits per heavy atom. The number of benzene rings is 1. The number of aromatic nitrogens is 2. The van der Waals surface area contributed by atoms with E-state index in [2.05, 4.69) is 20.9 Å². The maximum atomic E-state index is 12.1. The van der Waals surface area contributed by atoms with Crippen LogP contribution in [-0.2, 0) is 9.47 Å². The summed E-state index contributed by atoms with van der Waals surface area (Å²) in [4.78, 5) is 27.7. The fourth-order valence-electron chi connectivity index (χ4n) is 2.82. The number of nitrogens with one attached hydrogen (secondary N) is 1. The van der Waals surface area contributed by atoms with Gasteiger partial charge in [0.05, 0.1) is 18.3 Å². The van der Waals surface area contributed by atoms with Crippen molar-refractivity contribution in [3.63, 3.8) is 0 Å². The Balaban J connectivity index is 1.69. The van der Waals surface area contributed by atoms with Crippen molar-refractivity contribution < 1.29 is 19.3 Å². The summed E-state index contributed by atoms with van der Waals surface area (Å²) in [7, 11) is 0. The number of hydrogen-bond donors (Lipinski definition) is 2. The summed E-state index contributed by atoms with van der Waals surface area (Å²) in [5, 5.41) is 9.56. The van der Waals surface area contributed by atoms with Crippen LogP contribution in [0.1, 0.15) is 18.2 Å². The largest absolute Gasteiger partial charge is 0.468 e. The minimum Gasteiger partial charge on any atom is -0.468 e. The van der Waals surface area contributed by atoms with Crippen molar-refractivity contribution in [3.8, 4) is 5.75 Å². The average Bonchev–Trinajstić information content (AvgIpc) is 3.08. The Labute approximate surface area is 163 Å². The summed E-state index contributed by atoms with van der Waals surface area (Å²) in [5.74, 6) is 0.663. The highest BCUT2D eigenvalue weighted by molar-refractivity contribution is 9.11. The van der Waals surface area contributed by atoms with E-state index in [-0.39, 0.29) is 13.4 Å². The van der Waals surface area contributed by atoms with Gasteiger partial charge in [0.1, 0.15) is 18.1 Å². The van der Waals surface area contributed by atoms with Gasteiger partial charge in [-0.15, -0.1) is 0 Å². The first kappa shape index (κ1) is 19.6. The van der Waals surface area contributed by atoms with Crippen molar-refractivity contribution in [2.45, 2.75) is 24.9 Å². The highest BCUT2D eigenvalue weighted by Crippen LogP contribution is 2.29. The third-order valence-corrected chi connectivity index (χ3v) is 4.42. The summed E-state index contributed by atoms with van der Waals surface area (Å²) >= 11 is 3.11. The molecule has 27 heavy (non-hydrogen) atoms. The fraction of sp³-hybridized carbons (Fsp3) is 0.333. The van der Waals surface area contributed by atoms with Gasteiger partial charge < -0.3 is 19.3 Å². The number of halogens is 1. The summed E-state index contributed by atoms with van der Waals surface area (Å²) in [5.41, 5.74) is -0.783. The number of nitrogens with zero attached hydrogens (tertiary/aromatic N) is 1. The van der Waals surface area contributed by atoms with E-state index in [4.69, 9.17) is 14.2 Å². The third kappa shape index (κ3) is 4.75. The Kier molecular flexibility index (Phi) is 6.62. The predicted octanol–water partition coefficient (Wildman–Crippen LogP) is 1.60. The molecule has 3 rings (SSSR count). The highest BCUT2D eigenvalue weighted by atomic mass is 79.9. The Hall–Kier alpha value is -2.20. The molecule has 1 aromatic carbocycles. The molecule has 2 aromatic rings. The third-order valence-electron chi connectivity index (χ3n) is 4.16. The molecular weight excluding hydrogens is 420 g/mol. The number of rotatable bonds is 7. The second-order valence-electron chi connectivity index (χ2n) is 5.87. The highest BCUT2D eigenvalue weighted by Gasteiger charge is 2.37. The van der Waals surface area contributed by atoms with Gasteiger partial charge >= 0.3 is 5.69 Å². The molecule has 0 aliphatic carbocycles. The van der Waals surface area contributed by atoms with Gasteiger partial charge in [-0.05, 0) is 23.2 Å². The molecule has 1 saturated heterocycles. The van der Waals surface area contributed by atoms with Crippen LogP contribution in [0.2, 0.25) is 0 Å². The fourth-order valence-corrected chi connectivity index (χ4v) is 3.10. The zero-order valence-electron chi connectivity index (χ0n) is 14.3. The van der Waals surface area contributed by atoms with Crippen LogP contribution in [0.15, 0.2) is 51.1 Å². The lowest BCUT2D eigenvalue weighted by molar-refractivity contribution is -0.0894. The molecule has 3 atom stereocenters. The standard InChI is InChI=1S/C18H19BrN2O6/c19-7-6-12-9-21(18(24)20-17(12)23)16-8-14(15(10-22)27-16)26-11-25-13-4-2-1-3-5-13/h1-7,9,14-16,22H,8,10-11H2,(H,20,23,24)/t14?,15-,16-/m0/s1. The van der Waals surface area contributed by atoms with E-state index in [0.717, 1.165) is 0 Å². The van der Waals surface area contributed by atoms with Gasteiger partial charge in [-0.3, -0.25) is 14.3 Å². The maximum absolute atomic E-state index is 12.1. The Bertz CT molecular complexity index is 895. The number of aliphatic hydroxyl groups excluding tert-OH is 1. The van der Waals surface area contributed by atoms with Crippen LogP contribution in [0.4, 0.5) is 0 Å².